The molecule has 2 unspecified atom stereocenters. The highest BCUT2D eigenvalue weighted by atomic mass is 16.4. The lowest BCUT2D eigenvalue weighted by Crippen LogP contribution is -2.52. The van der Waals surface area contributed by atoms with E-state index in [1.165, 1.54) is 0 Å². The summed E-state index contributed by atoms with van der Waals surface area (Å²) in [5, 5.41) is 21.3. The van der Waals surface area contributed by atoms with Crippen molar-refractivity contribution in [2.45, 2.75) is 45.1 Å². The molecule has 1 aliphatic rings. The van der Waals surface area contributed by atoms with Crippen molar-refractivity contribution in [2.24, 2.45) is 5.92 Å². The van der Waals surface area contributed by atoms with Crippen LogP contribution in [0, 0.1) is 5.92 Å². The van der Waals surface area contributed by atoms with Crippen LogP contribution in [0.5, 0.6) is 0 Å². The Bertz CT molecular complexity index is 331. The number of carboxylic acid groups (broad SMARTS) is 1. The summed E-state index contributed by atoms with van der Waals surface area (Å²) in [6.07, 6.45) is 2.18. The van der Waals surface area contributed by atoms with E-state index in [0.717, 1.165) is 6.42 Å². The number of aliphatic carboxylic acids is 1. The number of piperidine rings is 1. The van der Waals surface area contributed by atoms with E-state index in [-0.39, 0.29) is 18.4 Å². The number of carbonyl (C=O) groups is 2. The van der Waals surface area contributed by atoms with E-state index >= 15 is 0 Å². The van der Waals surface area contributed by atoms with Crippen LogP contribution in [0.4, 0.5) is 4.79 Å². The average Bonchev–Trinajstić information content (AvgIpc) is 2.32. The van der Waals surface area contributed by atoms with Gasteiger partial charge in [0.2, 0.25) is 0 Å². The number of aliphatic hydroxyl groups is 1. The van der Waals surface area contributed by atoms with Crippen molar-refractivity contribution in [3.8, 4) is 0 Å². The number of hydrogen-bond donors (Lipinski definition) is 3. The number of hydrogen-bond acceptors (Lipinski definition) is 3. The van der Waals surface area contributed by atoms with Crippen molar-refractivity contribution in [3.63, 3.8) is 0 Å². The maximum Gasteiger partial charge on any atom is 0.317 e. The maximum absolute atomic E-state index is 11.9. The van der Waals surface area contributed by atoms with E-state index in [2.05, 4.69) is 5.32 Å². The summed E-state index contributed by atoms with van der Waals surface area (Å²) < 4.78 is 0. The zero-order valence-corrected chi connectivity index (χ0v) is 11.7. The Labute approximate surface area is 113 Å². The molecule has 0 aromatic heterocycles. The quantitative estimate of drug-likeness (QED) is 0.697. The molecule has 0 spiro atoms. The average molecular weight is 272 g/mol. The fourth-order valence-corrected chi connectivity index (χ4v) is 2.24. The second-order valence-electron chi connectivity index (χ2n) is 5.75. The highest BCUT2D eigenvalue weighted by molar-refractivity contribution is 5.74. The molecule has 19 heavy (non-hydrogen) atoms. The number of carbonyl (C=O) groups excluding carboxylic acids is 1. The normalized spacial score (nSPS) is 24.9. The summed E-state index contributed by atoms with van der Waals surface area (Å²) in [4.78, 5) is 24.0. The maximum atomic E-state index is 11.9. The van der Waals surface area contributed by atoms with Gasteiger partial charge in [-0.3, -0.25) is 4.79 Å². The van der Waals surface area contributed by atoms with Gasteiger partial charge >= 0.3 is 12.0 Å². The molecule has 0 bridgehead atoms. The molecule has 1 rings (SSSR count). The molecule has 1 fully saturated rings. The Morgan fingerprint density at radius 1 is 1.47 bits per heavy atom. The summed E-state index contributed by atoms with van der Waals surface area (Å²) in [5.41, 5.74) is -0.801. The summed E-state index contributed by atoms with van der Waals surface area (Å²) in [6.45, 7) is 5.12. The number of nitrogens with one attached hydrogen (secondary N) is 1. The van der Waals surface area contributed by atoms with Crippen molar-refractivity contribution in [2.75, 3.05) is 19.6 Å². The first-order valence-corrected chi connectivity index (χ1v) is 6.77. The molecule has 0 saturated carbocycles. The van der Waals surface area contributed by atoms with Crippen molar-refractivity contribution >= 4 is 12.0 Å². The van der Waals surface area contributed by atoms with Crippen molar-refractivity contribution in [1.29, 1.82) is 0 Å². The second kappa shape index (κ2) is 6.75. The van der Waals surface area contributed by atoms with Crippen LogP contribution in [0.2, 0.25) is 0 Å². The third kappa shape index (κ3) is 5.92. The van der Waals surface area contributed by atoms with E-state index < -0.39 is 11.6 Å². The molecule has 0 aromatic rings. The van der Waals surface area contributed by atoms with Crippen LogP contribution in [0.3, 0.4) is 0 Å². The predicted molar refractivity (Wildman–Crippen MR) is 70.9 cm³/mol. The third-order valence-corrected chi connectivity index (χ3v) is 3.41. The number of amides is 2. The summed E-state index contributed by atoms with van der Waals surface area (Å²) in [7, 11) is 0. The van der Waals surface area contributed by atoms with Gasteiger partial charge in [0.05, 0.1) is 12.1 Å². The second-order valence-corrected chi connectivity index (χ2v) is 5.75. The van der Waals surface area contributed by atoms with Crippen molar-refractivity contribution < 1.29 is 19.8 Å². The first kappa shape index (κ1) is 15.8. The van der Waals surface area contributed by atoms with Crippen LogP contribution >= 0.6 is 0 Å². The molecule has 6 nitrogen and oxygen atoms in total. The molecule has 1 heterocycles. The van der Waals surface area contributed by atoms with Gasteiger partial charge in [-0.05, 0) is 32.1 Å². The minimum absolute atomic E-state index is 0.120. The minimum Gasteiger partial charge on any atom is -0.481 e. The van der Waals surface area contributed by atoms with E-state index in [4.69, 9.17) is 5.11 Å². The zero-order chi connectivity index (χ0) is 14.5. The van der Waals surface area contributed by atoms with E-state index in [1.807, 2.05) is 6.92 Å². The van der Waals surface area contributed by atoms with Crippen LogP contribution in [0.25, 0.3) is 0 Å². The highest BCUT2D eigenvalue weighted by Gasteiger charge is 2.30. The first-order chi connectivity index (χ1) is 8.80. The molecular weight excluding hydrogens is 248 g/mol. The van der Waals surface area contributed by atoms with Gasteiger partial charge in [0, 0.05) is 19.5 Å². The van der Waals surface area contributed by atoms with Crippen molar-refractivity contribution in [1.82, 2.24) is 10.2 Å². The van der Waals surface area contributed by atoms with Crippen molar-refractivity contribution in [3.05, 3.63) is 0 Å². The molecule has 2 amide bonds. The monoisotopic (exact) mass is 272 g/mol. The molecule has 3 N–H and O–H groups in total. The lowest BCUT2D eigenvalue weighted by molar-refractivity contribution is -0.137. The minimum atomic E-state index is -0.815. The number of β-amino-alcohol motifs (C(OH)–C–C–N with tert-alkyl or cyclic N) is 1. The summed E-state index contributed by atoms with van der Waals surface area (Å²) >= 11 is 0. The topological polar surface area (TPSA) is 89.9 Å². The van der Waals surface area contributed by atoms with E-state index in [9.17, 15) is 14.7 Å². The third-order valence-electron chi connectivity index (χ3n) is 3.41. The van der Waals surface area contributed by atoms with E-state index in [1.54, 1.807) is 11.8 Å². The van der Waals surface area contributed by atoms with Crippen LogP contribution in [0.1, 0.15) is 39.5 Å². The predicted octanol–water partition coefficient (Wildman–Crippen LogP) is 1.04. The van der Waals surface area contributed by atoms with Crippen LogP contribution in [0.15, 0.2) is 0 Å². The molecule has 1 saturated heterocycles. The number of rotatable bonds is 5. The lowest BCUT2D eigenvalue weighted by atomic mass is 9.95. The molecule has 0 aliphatic carbocycles. The van der Waals surface area contributed by atoms with Gasteiger partial charge in [-0.2, -0.15) is 0 Å². The highest BCUT2D eigenvalue weighted by Crippen LogP contribution is 2.20. The molecule has 2 atom stereocenters. The number of urea groups is 1. The summed E-state index contributed by atoms with van der Waals surface area (Å²) in [5.74, 6) is -0.685. The molecule has 6 heteroatoms. The zero-order valence-electron chi connectivity index (χ0n) is 11.7. The fraction of sp³-hybridized carbons (Fsp3) is 0.846. The van der Waals surface area contributed by atoms with Crippen LogP contribution in [-0.2, 0) is 4.79 Å². The first-order valence-electron chi connectivity index (χ1n) is 6.77. The van der Waals surface area contributed by atoms with Crippen LogP contribution in [-0.4, -0.2) is 52.3 Å². The molecule has 110 valence electrons. The molecular formula is C13H24N2O4. The van der Waals surface area contributed by atoms with Gasteiger partial charge in [0.1, 0.15) is 0 Å². The Hall–Kier alpha value is -1.30. The lowest BCUT2D eigenvalue weighted by Gasteiger charge is -2.36. The standard InChI is InChI=1S/C13H24N2O4/c1-10(4-5-11(16)17)8-14-12(18)15-7-3-6-13(2,19)9-15/h10,19H,3-9H2,1-2H3,(H,14,18)(H,16,17). The SMILES string of the molecule is CC(CCC(=O)O)CNC(=O)N1CCCC(C)(O)C1. The largest absolute Gasteiger partial charge is 0.481 e. The van der Waals surface area contributed by atoms with Gasteiger partial charge < -0.3 is 20.4 Å². The Morgan fingerprint density at radius 2 is 2.16 bits per heavy atom. The fourth-order valence-electron chi connectivity index (χ4n) is 2.24. The number of nitrogens with zero attached hydrogens (tertiary/aromatic N) is 1. The smallest absolute Gasteiger partial charge is 0.317 e. The molecule has 1 aliphatic heterocycles. The van der Waals surface area contributed by atoms with E-state index in [0.29, 0.717) is 32.5 Å². The Kier molecular flexibility index (Phi) is 5.60. The van der Waals surface area contributed by atoms with Gasteiger partial charge in [-0.25, -0.2) is 4.79 Å². The summed E-state index contributed by atoms with van der Waals surface area (Å²) in [6, 6.07) is -0.179. The Morgan fingerprint density at radius 3 is 2.74 bits per heavy atom. The number of likely N-dealkylation sites (tertiary alicyclic amines) is 1. The Balaban J connectivity index is 2.29. The van der Waals surface area contributed by atoms with Gasteiger partial charge in [0.15, 0.2) is 0 Å². The number of carboxylic acids is 1. The molecule has 0 radical (unpaired) electrons. The van der Waals surface area contributed by atoms with Gasteiger partial charge in [0.25, 0.3) is 0 Å². The van der Waals surface area contributed by atoms with Gasteiger partial charge in [-0.1, -0.05) is 6.92 Å². The van der Waals surface area contributed by atoms with Crippen LogP contribution < -0.4 is 5.32 Å². The molecule has 0 aromatic carbocycles. The van der Waals surface area contributed by atoms with Gasteiger partial charge in [-0.15, -0.1) is 0 Å².